The molecule has 12 heteroatoms. The first-order valence-electron chi connectivity index (χ1n) is 9.41. The third kappa shape index (κ3) is 7.23. The molecule has 0 aliphatic carbocycles. The van der Waals surface area contributed by atoms with Crippen molar-refractivity contribution in [2.75, 3.05) is 0 Å². The van der Waals surface area contributed by atoms with Crippen LogP contribution < -0.4 is 59.1 Å². The van der Waals surface area contributed by atoms with Crippen molar-refractivity contribution in [2.45, 2.75) is 9.79 Å². The van der Waals surface area contributed by atoms with Crippen LogP contribution in [0.4, 0.5) is 0 Å². The Morgan fingerprint density at radius 1 is 0.543 bits per heavy atom. The molecule has 0 aliphatic rings. The maximum Gasteiger partial charge on any atom is 1.00 e. The van der Waals surface area contributed by atoms with E-state index < -0.39 is 20.2 Å². The molecule has 1 N–H and O–H groups in total. The monoisotopic (exact) mass is 529 g/mol. The Balaban J connectivity index is 0.00000216. The first kappa shape index (κ1) is 29.7. The van der Waals surface area contributed by atoms with Gasteiger partial charge in [0.15, 0.2) is 0 Å². The predicted molar refractivity (Wildman–Crippen MR) is 117 cm³/mol. The van der Waals surface area contributed by atoms with Crippen molar-refractivity contribution in [3.63, 3.8) is 0 Å². The molecule has 8 nitrogen and oxygen atoms in total. The SMILES string of the molecule is O=S(=O)([O-])c1ccc(-c2cc(-c3ccc(O)cc3)cc(-c3ccc(S(=O)(=O)[O-])cc3)[o+]2)cc1.[Na+].[Na+]. The zero-order valence-electron chi connectivity index (χ0n) is 18.7. The van der Waals surface area contributed by atoms with Crippen molar-refractivity contribution in [3.8, 4) is 39.5 Å². The second-order valence-corrected chi connectivity index (χ2v) is 9.84. The number of rotatable bonds is 5. The summed E-state index contributed by atoms with van der Waals surface area (Å²) in [5.74, 6) is 0.764. The zero-order valence-corrected chi connectivity index (χ0v) is 24.3. The smallest absolute Gasteiger partial charge is 0.744 e. The van der Waals surface area contributed by atoms with Crippen molar-refractivity contribution in [1.82, 2.24) is 0 Å². The molecule has 4 rings (SSSR count). The van der Waals surface area contributed by atoms with Gasteiger partial charge < -0.3 is 14.2 Å². The van der Waals surface area contributed by atoms with Crippen LogP contribution in [0.1, 0.15) is 0 Å². The van der Waals surface area contributed by atoms with E-state index in [-0.39, 0.29) is 74.7 Å². The van der Waals surface area contributed by atoms with E-state index in [2.05, 4.69) is 0 Å². The van der Waals surface area contributed by atoms with E-state index in [0.717, 1.165) is 5.56 Å². The number of phenolic OH excluding ortho intramolecular Hbond substituents is 1. The average Bonchev–Trinajstić information content (AvgIpc) is 2.78. The summed E-state index contributed by atoms with van der Waals surface area (Å²) in [7, 11) is -9.21. The van der Waals surface area contributed by atoms with Gasteiger partial charge in [-0.1, -0.05) is 12.1 Å². The Bertz CT molecular complexity index is 1440. The standard InChI is InChI=1S/C23H16O8S2.2Na/c24-19-7-1-15(2-8-19)18-13-22(16-3-9-20(10-4-16)32(25,26)27)31-23(14-18)17-5-11-21(12-6-17)33(28,29)30;;/h1-14H,(H2-,24,25,26,27,28,29,30);;/q;2*+1/p-1. The fourth-order valence-corrected chi connectivity index (χ4v) is 4.12. The van der Waals surface area contributed by atoms with E-state index in [0.29, 0.717) is 28.2 Å². The van der Waals surface area contributed by atoms with Crippen LogP contribution in [0.3, 0.4) is 0 Å². The summed E-state index contributed by atoms with van der Waals surface area (Å²) in [5.41, 5.74) is 2.40. The molecule has 0 saturated heterocycles. The molecule has 0 aliphatic heterocycles. The van der Waals surface area contributed by atoms with E-state index in [4.69, 9.17) is 4.42 Å². The predicted octanol–water partition coefficient (Wildman–Crippen LogP) is -1.92. The minimum atomic E-state index is -4.60. The Hall–Kier alpha value is -1.57. The Morgan fingerprint density at radius 2 is 0.886 bits per heavy atom. The van der Waals surface area contributed by atoms with Gasteiger partial charge in [-0.15, -0.1) is 0 Å². The molecule has 0 amide bonds. The Morgan fingerprint density at radius 3 is 1.23 bits per heavy atom. The molecule has 35 heavy (non-hydrogen) atoms. The molecule has 0 bridgehead atoms. The van der Waals surface area contributed by atoms with E-state index in [1.807, 2.05) is 0 Å². The van der Waals surface area contributed by atoms with Crippen LogP contribution in [0, 0.1) is 0 Å². The molecule has 4 aromatic rings. The van der Waals surface area contributed by atoms with Crippen LogP contribution >= 0.6 is 0 Å². The summed E-state index contributed by atoms with van der Waals surface area (Å²) in [4.78, 5) is -0.758. The fraction of sp³-hybridized carbons (Fsp3) is 0. The maximum absolute atomic E-state index is 11.2. The summed E-state index contributed by atoms with van der Waals surface area (Å²) in [6.45, 7) is 0. The number of phenols is 1. The van der Waals surface area contributed by atoms with Gasteiger partial charge in [0.2, 0.25) is 0 Å². The Labute approximate surface area is 246 Å². The molecule has 0 radical (unpaired) electrons. The summed E-state index contributed by atoms with van der Waals surface area (Å²) >= 11 is 0. The second-order valence-electron chi connectivity index (χ2n) is 7.08. The minimum absolute atomic E-state index is 0. The van der Waals surface area contributed by atoms with Gasteiger partial charge in [-0.3, -0.25) is 0 Å². The molecule has 168 valence electrons. The van der Waals surface area contributed by atoms with Crippen molar-refractivity contribution in [1.29, 1.82) is 0 Å². The van der Waals surface area contributed by atoms with Gasteiger partial charge in [-0.2, -0.15) is 0 Å². The van der Waals surface area contributed by atoms with E-state index in [9.17, 15) is 31.0 Å². The van der Waals surface area contributed by atoms with Crippen molar-refractivity contribution < 1.29 is 94.6 Å². The normalized spacial score (nSPS) is 11.3. The molecule has 0 saturated carbocycles. The second kappa shape index (κ2) is 11.7. The molecule has 0 fully saturated rings. The fourth-order valence-electron chi connectivity index (χ4n) is 3.18. The number of hydrogen-bond acceptors (Lipinski definition) is 7. The minimum Gasteiger partial charge on any atom is -0.744 e. The number of aromatic hydroxyl groups is 1. The van der Waals surface area contributed by atoms with Gasteiger partial charge in [-0.25, -0.2) is 21.3 Å². The van der Waals surface area contributed by atoms with Gasteiger partial charge in [0.1, 0.15) is 26.0 Å². The van der Waals surface area contributed by atoms with E-state index in [1.54, 1.807) is 24.3 Å². The summed E-state index contributed by atoms with van der Waals surface area (Å²) in [6, 6.07) is 20.2. The van der Waals surface area contributed by atoms with Crippen LogP contribution in [0.25, 0.3) is 33.8 Å². The van der Waals surface area contributed by atoms with E-state index in [1.165, 1.54) is 60.7 Å². The molecular formula is C23H15Na2O8S2+. The van der Waals surface area contributed by atoms with Gasteiger partial charge in [0, 0.05) is 5.56 Å². The van der Waals surface area contributed by atoms with Crippen LogP contribution in [0.5, 0.6) is 5.75 Å². The van der Waals surface area contributed by atoms with Crippen LogP contribution in [0.15, 0.2) is 99.1 Å². The van der Waals surface area contributed by atoms with Crippen molar-refractivity contribution >= 4 is 20.2 Å². The first-order chi connectivity index (χ1) is 15.5. The average molecular weight is 529 g/mol. The van der Waals surface area contributed by atoms with Crippen molar-refractivity contribution in [3.05, 3.63) is 84.9 Å². The molecule has 0 atom stereocenters. The van der Waals surface area contributed by atoms with Gasteiger partial charge in [0.25, 0.3) is 0 Å². The summed E-state index contributed by atoms with van der Waals surface area (Å²) in [6.07, 6.45) is 0. The third-order valence-electron chi connectivity index (χ3n) is 4.85. The van der Waals surface area contributed by atoms with E-state index >= 15 is 0 Å². The first-order valence-corrected chi connectivity index (χ1v) is 12.2. The third-order valence-corrected chi connectivity index (χ3v) is 6.55. The van der Waals surface area contributed by atoms with Crippen LogP contribution in [-0.4, -0.2) is 31.0 Å². The summed E-state index contributed by atoms with van der Waals surface area (Å²) < 4.78 is 73.3. The van der Waals surface area contributed by atoms with Crippen LogP contribution in [-0.2, 0) is 20.2 Å². The van der Waals surface area contributed by atoms with Crippen LogP contribution in [0.2, 0.25) is 0 Å². The molecular weight excluding hydrogens is 514 g/mol. The number of hydrogen-bond donors (Lipinski definition) is 1. The molecule has 3 aromatic carbocycles. The Kier molecular flexibility index (Phi) is 9.88. The zero-order chi connectivity index (χ0) is 23.8. The molecule has 0 spiro atoms. The summed E-state index contributed by atoms with van der Waals surface area (Å²) in [5, 5.41) is 9.58. The topological polar surface area (TPSA) is 146 Å². The maximum atomic E-state index is 11.2. The van der Waals surface area contributed by atoms with Gasteiger partial charge in [-0.05, 0) is 66.2 Å². The molecule has 1 aromatic heterocycles. The van der Waals surface area contributed by atoms with Crippen molar-refractivity contribution in [2.24, 2.45) is 0 Å². The van der Waals surface area contributed by atoms with Gasteiger partial charge >= 0.3 is 70.6 Å². The quantitative estimate of drug-likeness (QED) is 0.179. The largest absolute Gasteiger partial charge is 1.00 e. The molecule has 1 heterocycles. The number of benzene rings is 3. The van der Waals surface area contributed by atoms with Gasteiger partial charge in [0.05, 0.1) is 33.1 Å². The molecule has 0 unspecified atom stereocenters.